The van der Waals surface area contributed by atoms with Gasteiger partial charge in [-0.1, -0.05) is 13.0 Å². The van der Waals surface area contributed by atoms with Gasteiger partial charge in [0.15, 0.2) is 0 Å². The molecule has 5 rings (SSSR count). The summed E-state index contributed by atoms with van der Waals surface area (Å²) in [4.78, 5) is 15.1. The van der Waals surface area contributed by atoms with E-state index in [0.717, 1.165) is 5.56 Å². The van der Waals surface area contributed by atoms with Crippen LogP contribution in [0.25, 0.3) is 32.5 Å². The van der Waals surface area contributed by atoms with E-state index in [-0.39, 0.29) is 11.3 Å². The molecule has 0 radical (unpaired) electrons. The van der Waals surface area contributed by atoms with Crippen LogP contribution in [0.15, 0.2) is 39.5 Å². The molecule has 0 unspecified atom stereocenters. The predicted octanol–water partition coefficient (Wildman–Crippen LogP) is 3.50. The summed E-state index contributed by atoms with van der Waals surface area (Å²) in [6.45, 7) is 3.73. The molecule has 2 heterocycles. The molecular formula is C29H33NO8. The first-order valence-electron chi connectivity index (χ1n) is 12.6. The van der Waals surface area contributed by atoms with Crippen molar-refractivity contribution in [3.63, 3.8) is 0 Å². The molecule has 4 aromatic rings. The Hall–Kier alpha value is -3.37. The van der Waals surface area contributed by atoms with Crippen LogP contribution in [0.4, 0.5) is 0 Å². The lowest BCUT2D eigenvalue weighted by molar-refractivity contribution is -0.197. The van der Waals surface area contributed by atoms with Crippen molar-refractivity contribution in [1.29, 1.82) is 0 Å². The van der Waals surface area contributed by atoms with Crippen molar-refractivity contribution < 1.29 is 33.9 Å². The van der Waals surface area contributed by atoms with Crippen molar-refractivity contribution in [3.8, 4) is 17.2 Å². The lowest BCUT2D eigenvalue weighted by atomic mass is 9.86. The number of phenols is 1. The molecule has 0 amide bonds. The van der Waals surface area contributed by atoms with Crippen molar-refractivity contribution in [3.05, 3.63) is 51.9 Å². The van der Waals surface area contributed by atoms with E-state index in [1.54, 1.807) is 51.2 Å². The summed E-state index contributed by atoms with van der Waals surface area (Å²) >= 11 is 0. The van der Waals surface area contributed by atoms with Gasteiger partial charge >= 0.3 is 5.63 Å². The SMILES string of the molecule is CCc1cc(OC)c2c(c1)c(=O)oc1c2cc(OC)c2c(O)ccc([C@@H]3O[C@@H](C)[C@H](O)[C@H](N(C)C)[C@@H]3O)c21. The van der Waals surface area contributed by atoms with Gasteiger partial charge in [0.05, 0.1) is 43.2 Å². The standard InChI is InChI=1S/C29H33NO8/c1-7-14-10-17-21(19(11-14)35-5)16-12-20(36-6)23-18(31)9-8-15(22(23)27(16)38-29(17)34)28-26(33)24(30(3)4)25(32)13(2)37-28/h8-13,24-26,28,31-33H,7H2,1-6H3/t13-,24-,25-,26-,28-/m0/s1. The third kappa shape index (κ3) is 3.89. The molecule has 1 aliphatic heterocycles. The molecule has 0 spiro atoms. The van der Waals surface area contributed by atoms with Crippen molar-refractivity contribution >= 4 is 32.5 Å². The number of likely N-dealkylation sites (N-methyl/N-ethyl adjacent to an activating group) is 1. The maximum Gasteiger partial charge on any atom is 0.344 e. The highest BCUT2D eigenvalue weighted by Gasteiger charge is 2.45. The average molecular weight is 524 g/mol. The molecule has 1 aliphatic rings. The Morgan fingerprint density at radius 1 is 0.947 bits per heavy atom. The zero-order valence-electron chi connectivity index (χ0n) is 22.3. The number of benzene rings is 3. The molecule has 3 aromatic carbocycles. The van der Waals surface area contributed by atoms with Crippen LogP contribution in [0.3, 0.4) is 0 Å². The normalized spacial score (nSPS) is 24.0. The second-order valence-electron chi connectivity index (χ2n) is 10.0. The van der Waals surface area contributed by atoms with E-state index >= 15 is 0 Å². The monoisotopic (exact) mass is 523 g/mol. The van der Waals surface area contributed by atoms with Crippen LogP contribution in [0.2, 0.25) is 0 Å². The lowest BCUT2D eigenvalue weighted by Gasteiger charge is -2.45. The van der Waals surface area contributed by atoms with Crippen molar-refractivity contribution in [2.75, 3.05) is 28.3 Å². The van der Waals surface area contributed by atoms with E-state index in [2.05, 4.69) is 0 Å². The fraction of sp³-hybridized carbons (Fsp3) is 0.414. The zero-order valence-corrected chi connectivity index (χ0v) is 22.3. The minimum Gasteiger partial charge on any atom is -0.507 e. The van der Waals surface area contributed by atoms with Gasteiger partial charge in [-0.15, -0.1) is 0 Å². The van der Waals surface area contributed by atoms with Gasteiger partial charge in [-0.25, -0.2) is 4.79 Å². The number of aliphatic hydroxyl groups is 2. The topological polar surface area (TPSA) is 122 Å². The fourth-order valence-corrected chi connectivity index (χ4v) is 5.74. The summed E-state index contributed by atoms with van der Waals surface area (Å²) in [5, 5.41) is 35.3. The van der Waals surface area contributed by atoms with Crippen LogP contribution in [-0.4, -0.2) is 72.9 Å². The maximum atomic E-state index is 13.4. The Balaban J connectivity index is 1.93. The molecule has 38 heavy (non-hydrogen) atoms. The largest absolute Gasteiger partial charge is 0.507 e. The number of methoxy groups -OCH3 is 2. The minimum atomic E-state index is -1.13. The lowest BCUT2D eigenvalue weighted by Crippen LogP contribution is -2.58. The second-order valence-corrected chi connectivity index (χ2v) is 10.0. The van der Waals surface area contributed by atoms with Gasteiger partial charge in [-0.3, -0.25) is 0 Å². The summed E-state index contributed by atoms with van der Waals surface area (Å²) in [6, 6.07) is 7.92. The Kier molecular flexibility index (Phi) is 6.73. The van der Waals surface area contributed by atoms with Gasteiger partial charge in [0.1, 0.15) is 35.0 Å². The molecule has 0 saturated carbocycles. The van der Waals surface area contributed by atoms with Gasteiger partial charge in [-0.2, -0.15) is 0 Å². The number of hydrogen-bond donors (Lipinski definition) is 3. The van der Waals surface area contributed by atoms with E-state index in [0.29, 0.717) is 50.4 Å². The van der Waals surface area contributed by atoms with E-state index < -0.39 is 36.1 Å². The number of ether oxygens (including phenoxy) is 3. The third-order valence-electron chi connectivity index (χ3n) is 7.66. The number of aryl methyl sites for hydroxylation is 1. The summed E-state index contributed by atoms with van der Waals surface area (Å²) in [5.74, 6) is 0.783. The highest BCUT2D eigenvalue weighted by molar-refractivity contribution is 6.19. The van der Waals surface area contributed by atoms with Crippen LogP contribution in [0.5, 0.6) is 17.2 Å². The second kappa shape index (κ2) is 9.74. The number of hydrogen-bond acceptors (Lipinski definition) is 9. The number of aliphatic hydroxyl groups excluding tert-OH is 2. The molecule has 9 nitrogen and oxygen atoms in total. The van der Waals surface area contributed by atoms with Crippen molar-refractivity contribution in [2.24, 2.45) is 0 Å². The summed E-state index contributed by atoms with van der Waals surface area (Å²) in [6.07, 6.45) is -2.85. The van der Waals surface area contributed by atoms with Crippen LogP contribution in [-0.2, 0) is 11.2 Å². The number of fused-ring (bicyclic) bond motifs is 5. The van der Waals surface area contributed by atoms with Crippen LogP contribution in [0.1, 0.15) is 31.1 Å². The van der Waals surface area contributed by atoms with Gasteiger partial charge in [-0.05, 0) is 62.8 Å². The van der Waals surface area contributed by atoms with E-state index in [4.69, 9.17) is 18.6 Å². The molecule has 0 bridgehead atoms. The Bertz CT molecular complexity index is 1590. The highest BCUT2D eigenvalue weighted by atomic mass is 16.5. The van der Waals surface area contributed by atoms with Crippen molar-refractivity contribution in [1.82, 2.24) is 4.90 Å². The Morgan fingerprint density at radius 3 is 2.26 bits per heavy atom. The molecule has 0 aliphatic carbocycles. The number of aromatic hydroxyl groups is 1. The molecule has 5 atom stereocenters. The first kappa shape index (κ1) is 26.2. The molecule has 3 N–H and O–H groups in total. The Labute approximate surface area is 219 Å². The van der Waals surface area contributed by atoms with Crippen molar-refractivity contribution in [2.45, 2.75) is 50.7 Å². The molecule has 9 heteroatoms. The van der Waals surface area contributed by atoms with E-state index in [9.17, 15) is 20.1 Å². The molecule has 1 saturated heterocycles. The summed E-state index contributed by atoms with van der Waals surface area (Å²) < 4.78 is 23.5. The third-order valence-corrected chi connectivity index (χ3v) is 7.66. The van der Waals surface area contributed by atoms with Gasteiger partial charge in [0, 0.05) is 16.2 Å². The summed E-state index contributed by atoms with van der Waals surface area (Å²) in [5.41, 5.74) is 1.07. The number of phenolic OH excluding ortho intramolecular Hbond substituents is 1. The summed E-state index contributed by atoms with van der Waals surface area (Å²) in [7, 11) is 6.60. The highest BCUT2D eigenvalue weighted by Crippen LogP contribution is 2.47. The first-order chi connectivity index (χ1) is 18.1. The predicted molar refractivity (Wildman–Crippen MR) is 144 cm³/mol. The van der Waals surface area contributed by atoms with Gasteiger partial charge in [0.2, 0.25) is 0 Å². The smallest absolute Gasteiger partial charge is 0.344 e. The molecule has 1 aromatic heterocycles. The van der Waals surface area contributed by atoms with Gasteiger partial charge in [0.25, 0.3) is 0 Å². The number of rotatable bonds is 5. The Morgan fingerprint density at radius 2 is 1.63 bits per heavy atom. The molecule has 202 valence electrons. The zero-order chi connectivity index (χ0) is 27.5. The first-order valence-corrected chi connectivity index (χ1v) is 12.6. The average Bonchev–Trinajstić information content (AvgIpc) is 2.90. The quantitative estimate of drug-likeness (QED) is 0.267. The van der Waals surface area contributed by atoms with Crippen LogP contribution < -0.4 is 15.1 Å². The minimum absolute atomic E-state index is 0.0823. The van der Waals surface area contributed by atoms with Crippen LogP contribution >= 0.6 is 0 Å². The molecular weight excluding hydrogens is 490 g/mol. The van der Waals surface area contributed by atoms with Gasteiger partial charge < -0.3 is 38.8 Å². The fourth-order valence-electron chi connectivity index (χ4n) is 5.74. The van der Waals surface area contributed by atoms with E-state index in [1.807, 2.05) is 13.0 Å². The number of nitrogens with zero attached hydrogens (tertiary/aromatic N) is 1. The van der Waals surface area contributed by atoms with E-state index in [1.165, 1.54) is 13.2 Å². The molecule has 1 fully saturated rings. The van der Waals surface area contributed by atoms with Crippen LogP contribution in [0, 0.1) is 0 Å². The maximum absolute atomic E-state index is 13.4.